The molecule has 0 saturated carbocycles. The van der Waals surface area contributed by atoms with E-state index >= 15 is 0 Å². The van der Waals surface area contributed by atoms with Crippen LogP contribution in [0.15, 0.2) is 0 Å². The number of hydrogen-bond donors (Lipinski definition) is 1. The van der Waals surface area contributed by atoms with Crippen LogP contribution in [-0.4, -0.2) is 23.1 Å². The first kappa shape index (κ1) is 58.9. The molecule has 3 unspecified atom stereocenters. The minimum Gasteiger partial charge on any atom is -0.481 e. The first-order valence-corrected chi connectivity index (χ1v) is 27.9. The normalized spacial score (nSPS) is 13.1. The molecule has 4 nitrogen and oxygen atoms in total. The van der Waals surface area contributed by atoms with Gasteiger partial charge in [0.1, 0.15) is 6.10 Å². The molecule has 358 valence electrons. The Morgan fingerprint density at radius 1 is 0.350 bits per heavy atom. The van der Waals surface area contributed by atoms with Crippen LogP contribution in [0.5, 0.6) is 0 Å². The van der Waals surface area contributed by atoms with E-state index in [0.29, 0.717) is 12.3 Å². The van der Waals surface area contributed by atoms with Crippen LogP contribution in [0.4, 0.5) is 0 Å². The van der Waals surface area contributed by atoms with Gasteiger partial charge in [0.25, 0.3) is 0 Å². The van der Waals surface area contributed by atoms with Crippen molar-refractivity contribution in [3.8, 4) is 0 Å². The highest BCUT2D eigenvalue weighted by atomic mass is 16.5. The van der Waals surface area contributed by atoms with Gasteiger partial charge in [-0.2, -0.15) is 0 Å². The largest absolute Gasteiger partial charge is 0.481 e. The van der Waals surface area contributed by atoms with Crippen LogP contribution in [0, 0.1) is 11.8 Å². The summed E-state index contributed by atoms with van der Waals surface area (Å²) >= 11 is 0. The highest BCUT2D eigenvalue weighted by Gasteiger charge is 2.26. The van der Waals surface area contributed by atoms with Crippen molar-refractivity contribution in [3.63, 3.8) is 0 Å². The number of carboxylic acid groups (broad SMARTS) is 1. The zero-order chi connectivity index (χ0) is 43.8. The summed E-state index contributed by atoms with van der Waals surface area (Å²) in [6, 6.07) is 0. The second-order valence-corrected chi connectivity index (χ2v) is 19.7. The lowest BCUT2D eigenvalue weighted by Crippen LogP contribution is -2.26. The predicted molar refractivity (Wildman–Crippen MR) is 264 cm³/mol. The summed E-state index contributed by atoms with van der Waals surface area (Å²) in [5.41, 5.74) is 0. The van der Waals surface area contributed by atoms with Crippen LogP contribution in [0.1, 0.15) is 329 Å². The van der Waals surface area contributed by atoms with Crippen molar-refractivity contribution in [2.24, 2.45) is 11.8 Å². The van der Waals surface area contributed by atoms with E-state index in [1.165, 1.54) is 244 Å². The number of ether oxygens (including phenoxy) is 1. The third-order valence-corrected chi connectivity index (χ3v) is 13.6. The lowest BCUT2D eigenvalue weighted by molar-refractivity contribution is -0.156. The molecule has 0 aromatic carbocycles. The van der Waals surface area contributed by atoms with Crippen molar-refractivity contribution in [2.45, 2.75) is 336 Å². The Balaban J connectivity index is 5.34. The Morgan fingerprint density at radius 2 is 0.617 bits per heavy atom. The van der Waals surface area contributed by atoms with Gasteiger partial charge in [0.05, 0.1) is 5.92 Å². The lowest BCUT2D eigenvalue weighted by Gasteiger charge is -2.26. The average Bonchev–Trinajstić information content (AvgIpc) is 3.24. The second-order valence-electron chi connectivity index (χ2n) is 19.7. The van der Waals surface area contributed by atoms with Crippen molar-refractivity contribution < 1.29 is 19.4 Å². The van der Waals surface area contributed by atoms with Crippen molar-refractivity contribution in [1.29, 1.82) is 0 Å². The summed E-state index contributed by atoms with van der Waals surface area (Å²) in [7, 11) is 0. The Morgan fingerprint density at radius 3 is 0.950 bits per heavy atom. The molecule has 0 radical (unpaired) electrons. The van der Waals surface area contributed by atoms with Gasteiger partial charge in [-0.15, -0.1) is 0 Å². The number of carbonyl (C=O) groups excluding carboxylic acids is 1. The van der Waals surface area contributed by atoms with Crippen LogP contribution in [-0.2, 0) is 14.3 Å². The summed E-state index contributed by atoms with van der Waals surface area (Å²) in [5, 5.41) is 8.89. The monoisotopic (exact) mass is 847 g/mol. The third-order valence-electron chi connectivity index (χ3n) is 13.6. The molecular weight excluding hydrogens is 737 g/mol. The topological polar surface area (TPSA) is 63.6 Å². The molecule has 0 fully saturated rings. The Labute approximate surface area is 377 Å². The molecule has 0 amide bonds. The summed E-state index contributed by atoms with van der Waals surface area (Å²) in [5.74, 6) is 0.205. The summed E-state index contributed by atoms with van der Waals surface area (Å²) < 4.78 is 6.63. The zero-order valence-corrected chi connectivity index (χ0v) is 41.6. The fourth-order valence-corrected chi connectivity index (χ4v) is 9.51. The minimum absolute atomic E-state index is 0.0701. The lowest BCUT2D eigenvalue weighted by atomic mass is 9.84. The standard InChI is InChI=1S/C56H110O4/c1-5-9-13-17-20-22-23-24-25-26-27-31-36-41-47-53(51-52(45-39-34-19-15-11-7-3)46-40-35-30-21-18-14-10-6-2)56(59)60-54(48-42-16-12-8-4)49-43-37-32-28-29-33-38-44-50-55(57)58/h52-54H,5-51H2,1-4H3,(H,57,58). The van der Waals surface area contributed by atoms with Crippen molar-refractivity contribution >= 4 is 11.9 Å². The molecule has 3 atom stereocenters. The Kier molecular flexibility index (Phi) is 48.1. The Hall–Kier alpha value is -1.06. The van der Waals surface area contributed by atoms with E-state index in [4.69, 9.17) is 9.84 Å². The second kappa shape index (κ2) is 49.0. The van der Waals surface area contributed by atoms with Gasteiger partial charge in [0.2, 0.25) is 0 Å². The number of aliphatic carboxylic acids is 1. The van der Waals surface area contributed by atoms with E-state index < -0.39 is 5.97 Å². The maximum atomic E-state index is 14.3. The summed E-state index contributed by atoms with van der Waals surface area (Å²) in [6.45, 7) is 9.20. The molecule has 60 heavy (non-hydrogen) atoms. The molecule has 0 bridgehead atoms. The smallest absolute Gasteiger partial charge is 0.309 e. The van der Waals surface area contributed by atoms with Gasteiger partial charge in [-0.05, 0) is 50.9 Å². The van der Waals surface area contributed by atoms with E-state index in [2.05, 4.69) is 27.7 Å². The number of hydrogen-bond acceptors (Lipinski definition) is 3. The maximum absolute atomic E-state index is 14.3. The highest BCUT2D eigenvalue weighted by molar-refractivity contribution is 5.72. The zero-order valence-electron chi connectivity index (χ0n) is 41.6. The van der Waals surface area contributed by atoms with Gasteiger partial charge >= 0.3 is 11.9 Å². The van der Waals surface area contributed by atoms with Crippen LogP contribution >= 0.6 is 0 Å². The fourth-order valence-electron chi connectivity index (χ4n) is 9.51. The van der Waals surface area contributed by atoms with E-state index in [1.807, 2.05) is 0 Å². The van der Waals surface area contributed by atoms with E-state index in [1.54, 1.807) is 0 Å². The first-order chi connectivity index (χ1) is 29.5. The van der Waals surface area contributed by atoms with Crippen molar-refractivity contribution in [1.82, 2.24) is 0 Å². The molecule has 0 rings (SSSR count). The fraction of sp³-hybridized carbons (Fsp3) is 0.964. The number of carboxylic acids is 1. The minimum atomic E-state index is -0.673. The number of carbonyl (C=O) groups is 2. The van der Waals surface area contributed by atoms with Crippen LogP contribution in [0.3, 0.4) is 0 Å². The van der Waals surface area contributed by atoms with Gasteiger partial charge in [-0.1, -0.05) is 278 Å². The highest BCUT2D eigenvalue weighted by Crippen LogP contribution is 2.30. The summed E-state index contributed by atoms with van der Waals surface area (Å²) in [4.78, 5) is 25.1. The van der Waals surface area contributed by atoms with Crippen LogP contribution in [0.2, 0.25) is 0 Å². The average molecular weight is 847 g/mol. The maximum Gasteiger partial charge on any atom is 0.309 e. The van der Waals surface area contributed by atoms with Crippen molar-refractivity contribution in [2.75, 3.05) is 0 Å². The summed E-state index contributed by atoms with van der Waals surface area (Å²) in [6.07, 6.45) is 59.3. The SMILES string of the molecule is CCCCCCCCCCCCCCCCC(CC(CCCCCCCC)CCCCCCCCCC)C(=O)OC(CCCCCC)CCCCCCCCCCC(=O)O. The van der Waals surface area contributed by atoms with Crippen molar-refractivity contribution in [3.05, 3.63) is 0 Å². The Bertz CT molecular complexity index is 856. The molecule has 0 spiro atoms. The molecule has 0 aromatic rings. The molecule has 1 N–H and O–H groups in total. The first-order valence-electron chi connectivity index (χ1n) is 27.9. The molecule has 4 heteroatoms. The van der Waals surface area contributed by atoms with Gasteiger partial charge < -0.3 is 9.84 Å². The van der Waals surface area contributed by atoms with E-state index in [0.717, 1.165) is 51.4 Å². The molecule has 0 aliphatic rings. The van der Waals surface area contributed by atoms with Gasteiger partial charge in [0, 0.05) is 6.42 Å². The molecule has 0 aromatic heterocycles. The number of rotatable bonds is 51. The third kappa shape index (κ3) is 43.6. The van der Waals surface area contributed by atoms with Gasteiger partial charge in [-0.25, -0.2) is 0 Å². The van der Waals surface area contributed by atoms with E-state index in [9.17, 15) is 9.59 Å². The van der Waals surface area contributed by atoms with Gasteiger partial charge in [0.15, 0.2) is 0 Å². The van der Waals surface area contributed by atoms with Gasteiger partial charge in [-0.3, -0.25) is 9.59 Å². The van der Waals surface area contributed by atoms with Crippen LogP contribution in [0.25, 0.3) is 0 Å². The molecular formula is C56H110O4. The number of unbranched alkanes of at least 4 members (excludes halogenated alkanes) is 35. The molecule has 0 heterocycles. The predicted octanol–water partition coefficient (Wildman–Crippen LogP) is 19.6. The van der Waals surface area contributed by atoms with E-state index in [-0.39, 0.29) is 18.0 Å². The molecule has 0 aliphatic heterocycles. The number of esters is 1. The van der Waals surface area contributed by atoms with Crippen LogP contribution < -0.4 is 0 Å². The quantitative estimate of drug-likeness (QED) is 0.0489. The molecule has 0 saturated heterocycles. The molecule has 0 aliphatic carbocycles.